The van der Waals surface area contributed by atoms with Gasteiger partial charge >= 0.3 is 0 Å². The highest BCUT2D eigenvalue weighted by Gasteiger charge is 2.30. The molecule has 1 aliphatic rings. The fraction of sp³-hybridized carbons (Fsp3) is 0.600. The molecule has 1 N–H and O–H groups in total. The quantitative estimate of drug-likeness (QED) is 0.814. The Kier molecular flexibility index (Phi) is 3.65. The molecule has 0 saturated carbocycles. The lowest BCUT2D eigenvalue weighted by atomic mass is 9.86. The first-order valence-electron chi connectivity index (χ1n) is 6.55. The van der Waals surface area contributed by atoms with Crippen molar-refractivity contribution in [3.63, 3.8) is 0 Å². The van der Waals surface area contributed by atoms with Crippen molar-refractivity contribution in [2.75, 3.05) is 6.54 Å². The van der Waals surface area contributed by atoms with Crippen LogP contribution in [0.25, 0.3) is 0 Å². The summed E-state index contributed by atoms with van der Waals surface area (Å²) in [6.45, 7) is 5.74. The number of rotatable bonds is 4. The third-order valence-electron chi connectivity index (χ3n) is 4.14. The third-order valence-corrected chi connectivity index (χ3v) is 4.14. The maximum Gasteiger partial charge on any atom is 0.0182 e. The number of aryl methyl sites for hydroxylation is 2. The summed E-state index contributed by atoms with van der Waals surface area (Å²) in [6, 6.07) is 8.77. The minimum Gasteiger partial charge on any atom is -0.311 e. The molecule has 0 radical (unpaired) electrons. The summed E-state index contributed by atoms with van der Waals surface area (Å²) in [5.41, 5.74) is 3.39. The highest BCUT2D eigenvalue weighted by atomic mass is 15.0. The average Bonchev–Trinajstić information content (AvgIpc) is 2.78. The molecule has 0 bridgehead atoms. The molecule has 1 aliphatic heterocycles. The van der Waals surface area contributed by atoms with Crippen LogP contribution in [0.1, 0.15) is 43.7 Å². The lowest BCUT2D eigenvalue weighted by molar-refractivity contribution is 0.336. The van der Waals surface area contributed by atoms with E-state index in [2.05, 4.69) is 43.4 Å². The van der Waals surface area contributed by atoms with Crippen molar-refractivity contribution in [1.82, 2.24) is 5.32 Å². The smallest absolute Gasteiger partial charge is 0.0182 e. The molecule has 16 heavy (non-hydrogen) atoms. The van der Waals surface area contributed by atoms with E-state index in [1.54, 1.807) is 0 Å². The first-order valence-corrected chi connectivity index (χ1v) is 6.55. The summed E-state index contributed by atoms with van der Waals surface area (Å²) >= 11 is 0. The summed E-state index contributed by atoms with van der Waals surface area (Å²) < 4.78 is 0. The topological polar surface area (TPSA) is 12.0 Å². The summed E-state index contributed by atoms with van der Waals surface area (Å²) in [5, 5.41) is 3.71. The van der Waals surface area contributed by atoms with Crippen LogP contribution >= 0.6 is 0 Å². The van der Waals surface area contributed by atoms with Crippen molar-refractivity contribution in [2.24, 2.45) is 0 Å². The molecule has 0 aliphatic carbocycles. The van der Waals surface area contributed by atoms with Gasteiger partial charge in [0.05, 0.1) is 0 Å². The van der Waals surface area contributed by atoms with Gasteiger partial charge in [0.2, 0.25) is 0 Å². The first-order chi connectivity index (χ1) is 7.76. The summed E-state index contributed by atoms with van der Waals surface area (Å²) in [4.78, 5) is 0. The predicted molar refractivity (Wildman–Crippen MR) is 69.8 cm³/mol. The van der Waals surface area contributed by atoms with Gasteiger partial charge in [0.25, 0.3) is 0 Å². The van der Waals surface area contributed by atoms with Gasteiger partial charge in [0.15, 0.2) is 0 Å². The zero-order chi connectivity index (χ0) is 11.4. The average molecular weight is 217 g/mol. The van der Waals surface area contributed by atoms with E-state index in [9.17, 15) is 0 Å². The highest BCUT2D eigenvalue weighted by molar-refractivity contribution is 5.25. The Balaban J connectivity index is 1.98. The van der Waals surface area contributed by atoms with Crippen LogP contribution in [0.5, 0.6) is 0 Å². The molecule has 1 aromatic rings. The van der Waals surface area contributed by atoms with Crippen molar-refractivity contribution in [1.29, 1.82) is 0 Å². The van der Waals surface area contributed by atoms with E-state index in [0.29, 0.717) is 5.54 Å². The second-order valence-electron chi connectivity index (χ2n) is 5.09. The Hall–Kier alpha value is -0.820. The largest absolute Gasteiger partial charge is 0.311 e. The van der Waals surface area contributed by atoms with Crippen LogP contribution < -0.4 is 5.32 Å². The molecule has 1 heterocycles. The molecule has 1 aromatic carbocycles. The number of hydrogen-bond acceptors (Lipinski definition) is 1. The lowest BCUT2D eigenvalue weighted by Gasteiger charge is -2.28. The van der Waals surface area contributed by atoms with Crippen LogP contribution in [0.15, 0.2) is 24.3 Å². The minimum atomic E-state index is 0.433. The van der Waals surface area contributed by atoms with E-state index in [0.717, 1.165) is 0 Å². The molecule has 0 amide bonds. The molecule has 0 spiro atoms. The van der Waals surface area contributed by atoms with Crippen LogP contribution in [-0.2, 0) is 6.42 Å². The van der Waals surface area contributed by atoms with Gasteiger partial charge in [-0.25, -0.2) is 0 Å². The molecule has 1 fully saturated rings. The van der Waals surface area contributed by atoms with Gasteiger partial charge in [-0.05, 0) is 56.7 Å². The molecular weight excluding hydrogens is 194 g/mol. The summed E-state index contributed by atoms with van der Waals surface area (Å²) in [6.07, 6.45) is 6.47. The summed E-state index contributed by atoms with van der Waals surface area (Å²) in [7, 11) is 0. The monoisotopic (exact) mass is 217 g/mol. The fourth-order valence-corrected chi connectivity index (χ4v) is 2.83. The van der Waals surface area contributed by atoms with Gasteiger partial charge in [0.1, 0.15) is 0 Å². The van der Waals surface area contributed by atoms with Crippen LogP contribution in [-0.4, -0.2) is 12.1 Å². The van der Waals surface area contributed by atoms with Gasteiger partial charge in [0, 0.05) is 5.54 Å². The van der Waals surface area contributed by atoms with Crippen LogP contribution in [0.3, 0.4) is 0 Å². The van der Waals surface area contributed by atoms with Crippen LogP contribution in [0, 0.1) is 6.92 Å². The number of nitrogens with one attached hydrogen (secondary N) is 1. The molecule has 1 atom stereocenters. The lowest BCUT2D eigenvalue weighted by Crippen LogP contribution is -2.39. The van der Waals surface area contributed by atoms with Crippen molar-refractivity contribution in [3.8, 4) is 0 Å². The van der Waals surface area contributed by atoms with Gasteiger partial charge in [-0.3, -0.25) is 0 Å². The molecule has 0 aromatic heterocycles. The second-order valence-corrected chi connectivity index (χ2v) is 5.09. The van der Waals surface area contributed by atoms with E-state index in [4.69, 9.17) is 0 Å². The Morgan fingerprint density at radius 3 is 2.75 bits per heavy atom. The maximum absolute atomic E-state index is 3.71. The van der Waals surface area contributed by atoms with Gasteiger partial charge in [-0.15, -0.1) is 0 Å². The number of benzene rings is 1. The van der Waals surface area contributed by atoms with Crippen LogP contribution in [0.4, 0.5) is 0 Å². The summed E-state index contributed by atoms with van der Waals surface area (Å²) in [5.74, 6) is 0. The molecule has 88 valence electrons. The number of hydrogen-bond donors (Lipinski definition) is 1. The normalized spacial score (nSPS) is 24.9. The molecule has 1 saturated heterocycles. The standard InChI is InChI=1S/C15H23N/c1-3-15(10-6-12-16-15)11-9-14-8-5-4-7-13(14)2/h4-5,7-8,16H,3,6,9-12H2,1-2H3. The van der Waals surface area contributed by atoms with Crippen LogP contribution in [0.2, 0.25) is 0 Å². The Morgan fingerprint density at radius 1 is 1.31 bits per heavy atom. The SMILES string of the molecule is CCC1(CCc2ccccc2C)CCCN1. The molecular formula is C15H23N. The maximum atomic E-state index is 3.71. The van der Waals surface area contributed by atoms with Crippen molar-refractivity contribution in [2.45, 2.75) is 51.5 Å². The van der Waals surface area contributed by atoms with E-state index in [1.807, 2.05) is 0 Å². The van der Waals surface area contributed by atoms with E-state index in [-0.39, 0.29) is 0 Å². The van der Waals surface area contributed by atoms with E-state index < -0.39 is 0 Å². The fourth-order valence-electron chi connectivity index (χ4n) is 2.83. The molecule has 1 unspecified atom stereocenters. The Bertz CT molecular complexity index is 337. The van der Waals surface area contributed by atoms with Crippen molar-refractivity contribution < 1.29 is 0 Å². The van der Waals surface area contributed by atoms with Gasteiger partial charge in [-0.1, -0.05) is 31.2 Å². The first kappa shape index (κ1) is 11.7. The van der Waals surface area contributed by atoms with Gasteiger partial charge in [-0.2, -0.15) is 0 Å². The van der Waals surface area contributed by atoms with Crippen molar-refractivity contribution in [3.05, 3.63) is 35.4 Å². The highest BCUT2D eigenvalue weighted by Crippen LogP contribution is 2.28. The third kappa shape index (κ3) is 2.46. The Labute approximate surface area is 99.3 Å². The second kappa shape index (κ2) is 5.01. The zero-order valence-corrected chi connectivity index (χ0v) is 10.6. The van der Waals surface area contributed by atoms with E-state index in [1.165, 1.54) is 49.8 Å². The molecule has 1 heteroatoms. The van der Waals surface area contributed by atoms with E-state index >= 15 is 0 Å². The Morgan fingerprint density at radius 2 is 2.12 bits per heavy atom. The van der Waals surface area contributed by atoms with Gasteiger partial charge < -0.3 is 5.32 Å². The molecule has 1 nitrogen and oxygen atoms in total. The van der Waals surface area contributed by atoms with Crippen molar-refractivity contribution >= 4 is 0 Å². The minimum absolute atomic E-state index is 0.433. The predicted octanol–water partition coefficient (Wildman–Crippen LogP) is 3.46. The molecule has 2 rings (SSSR count). The zero-order valence-electron chi connectivity index (χ0n) is 10.6.